The van der Waals surface area contributed by atoms with Crippen LogP contribution in [-0.2, 0) is 0 Å². The first-order chi connectivity index (χ1) is 5.66. The van der Waals surface area contributed by atoms with Gasteiger partial charge in [-0.25, -0.2) is 0 Å². The van der Waals surface area contributed by atoms with Crippen molar-refractivity contribution in [2.45, 2.75) is 25.4 Å². The van der Waals surface area contributed by atoms with Crippen LogP contribution in [0.4, 0.5) is 0 Å². The molecule has 1 atom stereocenters. The number of hydrogen-bond acceptors (Lipinski definition) is 3. The molecule has 0 amide bonds. The van der Waals surface area contributed by atoms with E-state index in [1.54, 1.807) is 0 Å². The van der Waals surface area contributed by atoms with Gasteiger partial charge in [0.2, 0.25) is 0 Å². The number of likely N-dealkylation sites (N-methyl/N-ethyl adjacent to an activating group) is 1. The molecule has 3 nitrogen and oxygen atoms in total. The third-order valence-corrected chi connectivity index (χ3v) is 2.39. The molecule has 0 saturated carbocycles. The van der Waals surface area contributed by atoms with Crippen molar-refractivity contribution in [3.8, 4) is 0 Å². The van der Waals surface area contributed by atoms with E-state index in [0.717, 1.165) is 39.0 Å². The lowest BCUT2D eigenvalue weighted by Crippen LogP contribution is -2.43. The van der Waals surface area contributed by atoms with Crippen LogP contribution in [0.3, 0.4) is 0 Å². The minimum absolute atomic E-state index is 0.468. The van der Waals surface area contributed by atoms with Gasteiger partial charge in [-0.1, -0.05) is 6.92 Å². The summed E-state index contributed by atoms with van der Waals surface area (Å²) in [7, 11) is 2.07. The summed E-state index contributed by atoms with van der Waals surface area (Å²) in [5.74, 6) is 0. The van der Waals surface area contributed by atoms with Gasteiger partial charge < -0.3 is 15.3 Å². The van der Waals surface area contributed by atoms with Crippen LogP contribution in [-0.4, -0.2) is 48.8 Å². The van der Waals surface area contributed by atoms with Gasteiger partial charge >= 0.3 is 0 Å². The minimum atomic E-state index is -0.468. The van der Waals surface area contributed by atoms with E-state index in [1.807, 2.05) is 0 Å². The largest absolute Gasteiger partial charge is 0.387 e. The Kier molecular flexibility index (Phi) is 3.50. The third kappa shape index (κ3) is 2.73. The predicted octanol–water partition coefficient (Wildman–Crippen LogP) is 0.0526. The Labute approximate surface area is 74.8 Å². The van der Waals surface area contributed by atoms with E-state index in [-0.39, 0.29) is 0 Å². The fraction of sp³-hybridized carbons (Fsp3) is 1.00. The van der Waals surface area contributed by atoms with Crippen molar-refractivity contribution in [2.75, 3.05) is 33.2 Å². The number of β-amino-alcohol motifs (C(OH)–C–C–N with tert-alkyl or cyclic N) is 1. The summed E-state index contributed by atoms with van der Waals surface area (Å²) in [6.07, 6.45) is 2.04. The molecular formula is C9H20N2O. The maximum Gasteiger partial charge on any atom is 0.0909 e. The number of rotatable bonds is 4. The molecule has 0 spiro atoms. The van der Waals surface area contributed by atoms with Gasteiger partial charge in [0.05, 0.1) is 5.60 Å². The summed E-state index contributed by atoms with van der Waals surface area (Å²) in [4.78, 5) is 2.20. The number of aliphatic hydroxyl groups is 1. The summed E-state index contributed by atoms with van der Waals surface area (Å²) in [5, 5.41) is 13.2. The van der Waals surface area contributed by atoms with Gasteiger partial charge in [0.1, 0.15) is 0 Å². The van der Waals surface area contributed by atoms with Crippen LogP contribution in [0.1, 0.15) is 19.8 Å². The zero-order valence-corrected chi connectivity index (χ0v) is 8.14. The van der Waals surface area contributed by atoms with Gasteiger partial charge in [0.15, 0.2) is 0 Å². The van der Waals surface area contributed by atoms with Crippen LogP contribution >= 0.6 is 0 Å². The zero-order valence-electron chi connectivity index (χ0n) is 8.14. The first kappa shape index (κ1) is 9.96. The summed E-state index contributed by atoms with van der Waals surface area (Å²) in [6.45, 7) is 5.74. The lowest BCUT2D eigenvalue weighted by molar-refractivity contribution is 0.0285. The number of hydrogen-bond donors (Lipinski definition) is 2. The molecule has 0 bridgehead atoms. The van der Waals surface area contributed by atoms with Crippen molar-refractivity contribution in [1.29, 1.82) is 0 Å². The molecule has 0 aromatic heterocycles. The van der Waals surface area contributed by atoms with Crippen molar-refractivity contribution in [3.05, 3.63) is 0 Å². The van der Waals surface area contributed by atoms with Crippen molar-refractivity contribution in [1.82, 2.24) is 10.2 Å². The van der Waals surface area contributed by atoms with E-state index in [0.29, 0.717) is 0 Å². The lowest BCUT2D eigenvalue weighted by atomic mass is 10.0. The van der Waals surface area contributed by atoms with Crippen LogP contribution in [0, 0.1) is 0 Å². The Hall–Kier alpha value is -0.120. The normalized spacial score (nSPS) is 30.0. The average Bonchev–Trinajstić information content (AvgIpc) is 2.36. The van der Waals surface area contributed by atoms with Gasteiger partial charge in [-0.3, -0.25) is 0 Å². The Balaban J connectivity index is 2.28. The molecule has 0 aliphatic carbocycles. The standard InChI is InChI=1S/C9H20N2O/c1-3-6-11(2)8-9(12)4-5-10-7-9/h10,12H,3-8H2,1-2H3. The molecule has 1 heterocycles. The topological polar surface area (TPSA) is 35.5 Å². The van der Waals surface area contributed by atoms with Crippen molar-refractivity contribution in [2.24, 2.45) is 0 Å². The Morgan fingerprint density at radius 2 is 2.33 bits per heavy atom. The molecule has 12 heavy (non-hydrogen) atoms. The first-order valence-corrected chi connectivity index (χ1v) is 4.78. The molecule has 1 aliphatic heterocycles. The summed E-state index contributed by atoms with van der Waals surface area (Å²) >= 11 is 0. The van der Waals surface area contributed by atoms with Gasteiger partial charge in [-0.05, 0) is 33.0 Å². The second-order valence-electron chi connectivity index (χ2n) is 3.89. The maximum atomic E-state index is 9.98. The SMILES string of the molecule is CCCN(C)CC1(O)CCNC1. The quantitative estimate of drug-likeness (QED) is 0.629. The molecule has 1 unspecified atom stereocenters. The van der Waals surface area contributed by atoms with E-state index in [9.17, 15) is 5.11 Å². The molecule has 72 valence electrons. The van der Waals surface area contributed by atoms with Crippen LogP contribution < -0.4 is 5.32 Å². The molecule has 1 fully saturated rings. The van der Waals surface area contributed by atoms with E-state index in [2.05, 4.69) is 24.2 Å². The highest BCUT2D eigenvalue weighted by Gasteiger charge is 2.31. The zero-order chi connectivity index (χ0) is 9.03. The van der Waals surface area contributed by atoms with E-state index >= 15 is 0 Å². The monoisotopic (exact) mass is 172 g/mol. The molecule has 2 N–H and O–H groups in total. The van der Waals surface area contributed by atoms with Crippen LogP contribution in [0.5, 0.6) is 0 Å². The van der Waals surface area contributed by atoms with Gasteiger partial charge in [-0.15, -0.1) is 0 Å². The van der Waals surface area contributed by atoms with Crippen LogP contribution in [0.15, 0.2) is 0 Å². The fourth-order valence-corrected chi connectivity index (χ4v) is 1.83. The second kappa shape index (κ2) is 4.21. The molecule has 3 heteroatoms. The van der Waals surface area contributed by atoms with Gasteiger partial charge in [-0.2, -0.15) is 0 Å². The molecule has 1 rings (SSSR count). The van der Waals surface area contributed by atoms with Crippen molar-refractivity contribution in [3.63, 3.8) is 0 Å². The second-order valence-corrected chi connectivity index (χ2v) is 3.89. The molecule has 1 saturated heterocycles. The van der Waals surface area contributed by atoms with Crippen molar-refractivity contribution >= 4 is 0 Å². The van der Waals surface area contributed by atoms with E-state index in [1.165, 1.54) is 0 Å². The third-order valence-electron chi connectivity index (χ3n) is 2.39. The van der Waals surface area contributed by atoms with Gasteiger partial charge in [0.25, 0.3) is 0 Å². The maximum absolute atomic E-state index is 9.98. The Morgan fingerprint density at radius 3 is 2.83 bits per heavy atom. The highest BCUT2D eigenvalue weighted by molar-refractivity contribution is 4.89. The molecule has 0 radical (unpaired) electrons. The summed E-state index contributed by atoms with van der Waals surface area (Å²) < 4.78 is 0. The van der Waals surface area contributed by atoms with E-state index < -0.39 is 5.60 Å². The lowest BCUT2D eigenvalue weighted by Gasteiger charge is -2.27. The van der Waals surface area contributed by atoms with Gasteiger partial charge in [0, 0.05) is 13.1 Å². The number of nitrogens with zero attached hydrogens (tertiary/aromatic N) is 1. The van der Waals surface area contributed by atoms with Crippen LogP contribution in [0.2, 0.25) is 0 Å². The smallest absolute Gasteiger partial charge is 0.0909 e. The fourth-order valence-electron chi connectivity index (χ4n) is 1.83. The van der Waals surface area contributed by atoms with E-state index in [4.69, 9.17) is 0 Å². The van der Waals surface area contributed by atoms with Crippen LogP contribution in [0.25, 0.3) is 0 Å². The first-order valence-electron chi connectivity index (χ1n) is 4.78. The van der Waals surface area contributed by atoms with Crippen molar-refractivity contribution < 1.29 is 5.11 Å². The summed E-state index contributed by atoms with van der Waals surface area (Å²) in [5.41, 5.74) is -0.468. The Morgan fingerprint density at radius 1 is 1.58 bits per heavy atom. The molecule has 0 aromatic rings. The average molecular weight is 172 g/mol. The Bertz CT molecular complexity index is 132. The molecular weight excluding hydrogens is 152 g/mol. The predicted molar refractivity (Wildman–Crippen MR) is 50.2 cm³/mol. The molecule has 0 aromatic carbocycles. The minimum Gasteiger partial charge on any atom is -0.387 e. The highest BCUT2D eigenvalue weighted by atomic mass is 16.3. The summed E-state index contributed by atoms with van der Waals surface area (Å²) in [6, 6.07) is 0. The molecule has 1 aliphatic rings. The highest BCUT2D eigenvalue weighted by Crippen LogP contribution is 2.14. The number of nitrogens with one attached hydrogen (secondary N) is 1.